The lowest BCUT2D eigenvalue weighted by atomic mass is 9.97. The summed E-state index contributed by atoms with van der Waals surface area (Å²) < 4.78 is 22.4. The maximum absolute atomic E-state index is 12.5. The lowest BCUT2D eigenvalue weighted by molar-refractivity contribution is 0.0383. The van der Waals surface area contributed by atoms with Crippen LogP contribution in [0.1, 0.15) is 13.8 Å². The van der Waals surface area contributed by atoms with Gasteiger partial charge in [0, 0.05) is 12.5 Å². The normalized spacial score (nSPS) is 15.9. The van der Waals surface area contributed by atoms with E-state index in [0.717, 1.165) is 22.6 Å². The first-order valence-corrected chi connectivity index (χ1v) is 4.24. The first kappa shape index (κ1) is 10.6. The van der Waals surface area contributed by atoms with Crippen LogP contribution in [-0.4, -0.2) is 10.5 Å². The van der Waals surface area contributed by atoms with Gasteiger partial charge in [-0.05, 0) is 28.5 Å². The molecule has 0 aromatic heterocycles. The Kier molecular flexibility index (Phi) is 4.01. The van der Waals surface area contributed by atoms with Crippen LogP contribution in [0.5, 0.6) is 0 Å². The fourth-order valence-corrected chi connectivity index (χ4v) is 1.76. The van der Waals surface area contributed by atoms with Crippen molar-refractivity contribution in [3.05, 3.63) is 0 Å². The summed E-state index contributed by atoms with van der Waals surface area (Å²) in [4.78, 5) is 0. The number of alkyl halides is 3. The molecule has 0 radical (unpaired) electrons. The molecular weight excluding hydrogens is 251 g/mol. The van der Waals surface area contributed by atoms with Crippen molar-refractivity contribution >= 4 is 22.6 Å². The Bertz CT molecular complexity index is 100. The van der Waals surface area contributed by atoms with Crippen molar-refractivity contribution in [3.8, 4) is 0 Å². The summed E-state index contributed by atoms with van der Waals surface area (Å²) in [7, 11) is 0. The fraction of sp³-hybridized carbons (Fsp3) is 1.00. The molecule has 10 heavy (non-hydrogen) atoms. The number of rotatable bonds is 3. The second-order valence-corrected chi connectivity index (χ2v) is 4.07. The summed E-state index contributed by atoms with van der Waals surface area (Å²) in [6.45, 7) is 3.56. The molecule has 0 spiro atoms. The minimum atomic E-state index is -2.67. The molecule has 62 valence electrons. The van der Waals surface area contributed by atoms with E-state index in [1.165, 1.54) is 0 Å². The molecule has 0 rings (SSSR count). The highest BCUT2D eigenvalue weighted by Gasteiger charge is 2.36. The summed E-state index contributed by atoms with van der Waals surface area (Å²) >= 11 is 1.14. The van der Waals surface area contributed by atoms with Gasteiger partial charge in [-0.2, -0.15) is 8.78 Å². The van der Waals surface area contributed by atoms with Crippen LogP contribution in [0.3, 0.4) is 0 Å². The van der Waals surface area contributed by atoms with Crippen molar-refractivity contribution in [1.29, 1.82) is 0 Å². The maximum atomic E-state index is 12.5. The highest BCUT2D eigenvalue weighted by Crippen LogP contribution is 2.35. The van der Waals surface area contributed by atoms with E-state index in [4.69, 9.17) is 5.73 Å². The van der Waals surface area contributed by atoms with E-state index < -0.39 is 9.85 Å². The first-order valence-electron chi connectivity index (χ1n) is 3.16. The number of halogens is 3. The Morgan fingerprint density at radius 1 is 1.50 bits per heavy atom. The summed E-state index contributed by atoms with van der Waals surface area (Å²) in [5.74, 6) is -0.759. The zero-order chi connectivity index (χ0) is 8.36. The molecule has 0 aromatic carbocycles. The molecule has 2 N–H and O–H groups in total. The van der Waals surface area contributed by atoms with Gasteiger partial charge in [-0.1, -0.05) is 13.8 Å². The molecule has 0 fully saturated rings. The van der Waals surface area contributed by atoms with E-state index in [0.29, 0.717) is 0 Å². The molecule has 0 saturated carbocycles. The van der Waals surface area contributed by atoms with Crippen LogP contribution in [0.2, 0.25) is 0 Å². The molecule has 0 saturated heterocycles. The molecule has 0 aliphatic carbocycles. The molecule has 0 bridgehead atoms. The zero-order valence-electron chi connectivity index (χ0n) is 6.07. The highest BCUT2D eigenvalue weighted by atomic mass is 127. The van der Waals surface area contributed by atoms with Crippen molar-refractivity contribution in [2.45, 2.75) is 17.8 Å². The van der Waals surface area contributed by atoms with Crippen molar-refractivity contribution < 1.29 is 8.78 Å². The van der Waals surface area contributed by atoms with Gasteiger partial charge in [0.25, 0.3) is 0 Å². The molecular formula is C6H12F2IN. The average molecular weight is 263 g/mol. The lowest BCUT2D eigenvalue weighted by Gasteiger charge is -2.23. The van der Waals surface area contributed by atoms with Crippen LogP contribution in [0.15, 0.2) is 0 Å². The van der Waals surface area contributed by atoms with Crippen molar-refractivity contribution in [2.75, 3.05) is 6.54 Å². The van der Waals surface area contributed by atoms with Gasteiger partial charge in [0.05, 0.1) is 0 Å². The van der Waals surface area contributed by atoms with Crippen LogP contribution in [0.25, 0.3) is 0 Å². The van der Waals surface area contributed by atoms with Crippen LogP contribution >= 0.6 is 22.6 Å². The van der Waals surface area contributed by atoms with Gasteiger partial charge < -0.3 is 5.73 Å². The van der Waals surface area contributed by atoms with Crippen molar-refractivity contribution in [1.82, 2.24) is 0 Å². The lowest BCUT2D eigenvalue weighted by Crippen LogP contribution is -2.32. The highest BCUT2D eigenvalue weighted by molar-refractivity contribution is 14.1. The van der Waals surface area contributed by atoms with Gasteiger partial charge in [-0.15, -0.1) is 0 Å². The second-order valence-electron chi connectivity index (χ2n) is 2.63. The molecule has 0 amide bonds. The standard InChI is InChI=1S/C6H12F2IN/c1-4(2)5(3-10)6(7,8)9/h4-5H,3,10H2,1-2H3. The van der Waals surface area contributed by atoms with E-state index in [2.05, 4.69) is 0 Å². The summed E-state index contributed by atoms with van der Waals surface area (Å²) in [6, 6.07) is 0. The van der Waals surface area contributed by atoms with Crippen LogP contribution in [0.4, 0.5) is 8.78 Å². The predicted octanol–water partition coefficient (Wildman–Crippen LogP) is 2.25. The topological polar surface area (TPSA) is 26.0 Å². The summed E-state index contributed by atoms with van der Waals surface area (Å²) in [5, 5.41) is 0. The minimum absolute atomic E-state index is 0.0492. The predicted molar refractivity (Wildman–Crippen MR) is 46.3 cm³/mol. The van der Waals surface area contributed by atoms with Crippen LogP contribution < -0.4 is 5.73 Å². The molecule has 4 heteroatoms. The van der Waals surface area contributed by atoms with E-state index in [9.17, 15) is 8.78 Å². The Morgan fingerprint density at radius 3 is 1.90 bits per heavy atom. The van der Waals surface area contributed by atoms with Gasteiger partial charge in [0.15, 0.2) is 0 Å². The summed E-state index contributed by atoms with van der Waals surface area (Å²) in [6.07, 6.45) is 0. The molecule has 1 atom stereocenters. The molecule has 1 unspecified atom stereocenters. The third-order valence-electron chi connectivity index (χ3n) is 1.48. The maximum Gasteiger partial charge on any atom is 0.300 e. The van der Waals surface area contributed by atoms with Crippen molar-refractivity contribution in [2.24, 2.45) is 17.6 Å². The van der Waals surface area contributed by atoms with Gasteiger partial charge in [0.2, 0.25) is 0 Å². The Hall–Kier alpha value is 0.550. The molecule has 0 aliphatic rings. The van der Waals surface area contributed by atoms with Gasteiger partial charge in [-0.3, -0.25) is 0 Å². The van der Waals surface area contributed by atoms with E-state index in [1.54, 1.807) is 13.8 Å². The van der Waals surface area contributed by atoms with E-state index in [-0.39, 0.29) is 12.5 Å². The van der Waals surface area contributed by atoms with E-state index in [1.807, 2.05) is 0 Å². The third kappa shape index (κ3) is 3.09. The third-order valence-corrected chi connectivity index (χ3v) is 2.28. The quantitative estimate of drug-likeness (QED) is 0.613. The van der Waals surface area contributed by atoms with Crippen LogP contribution in [-0.2, 0) is 0 Å². The van der Waals surface area contributed by atoms with Gasteiger partial charge >= 0.3 is 3.93 Å². The molecule has 0 aromatic rings. The zero-order valence-corrected chi connectivity index (χ0v) is 8.23. The van der Waals surface area contributed by atoms with Crippen LogP contribution in [0, 0.1) is 11.8 Å². The molecule has 1 nitrogen and oxygen atoms in total. The number of hydrogen-bond donors (Lipinski definition) is 1. The fourth-order valence-electron chi connectivity index (χ4n) is 0.784. The SMILES string of the molecule is CC(C)C(CN)C(F)(F)I. The Labute approximate surface area is 73.5 Å². The van der Waals surface area contributed by atoms with Gasteiger partial charge in [0.1, 0.15) is 0 Å². The second kappa shape index (κ2) is 3.80. The smallest absolute Gasteiger partial charge is 0.300 e. The largest absolute Gasteiger partial charge is 0.330 e. The Morgan fingerprint density at radius 2 is 1.90 bits per heavy atom. The first-order chi connectivity index (χ1) is 4.39. The molecule has 0 aliphatic heterocycles. The van der Waals surface area contributed by atoms with E-state index >= 15 is 0 Å². The van der Waals surface area contributed by atoms with Gasteiger partial charge in [-0.25, -0.2) is 0 Å². The molecule has 0 heterocycles. The minimum Gasteiger partial charge on any atom is -0.330 e. The monoisotopic (exact) mass is 263 g/mol. The van der Waals surface area contributed by atoms with Crippen molar-refractivity contribution in [3.63, 3.8) is 0 Å². The number of nitrogens with two attached hydrogens (primary N) is 1. The Balaban J connectivity index is 4.07. The summed E-state index contributed by atoms with van der Waals surface area (Å²) in [5.41, 5.74) is 5.18. The average Bonchev–Trinajstić information content (AvgIpc) is 1.60. The number of hydrogen-bond acceptors (Lipinski definition) is 1.